The molecule has 0 aromatic carbocycles. The molecular formula is C10H14O4. The van der Waals surface area contributed by atoms with Crippen LogP contribution >= 0.6 is 0 Å². The largest absolute Gasteiger partial charge is 0.469 e. The smallest absolute Gasteiger partial charge is 0.334 e. The third-order valence-electron chi connectivity index (χ3n) is 2.50. The molecule has 0 spiro atoms. The van der Waals surface area contributed by atoms with Crippen LogP contribution in [0.2, 0.25) is 0 Å². The lowest BCUT2D eigenvalue weighted by atomic mass is 9.73. The van der Waals surface area contributed by atoms with Crippen molar-refractivity contribution in [1.29, 1.82) is 0 Å². The molecular weight excluding hydrogens is 184 g/mol. The lowest BCUT2D eigenvalue weighted by molar-refractivity contribution is -0.150. The molecule has 0 radical (unpaired) electrons. The van der Waals surface area contributed by atoms with Gasteiger partial charge in [-0.1, -0.05) is 13.0 Å². The summed E-state index contributed by atoms with van der Waals surface area (Å²) in [6, 6.07) is 0. The molecule has 1 aliphatic carbocycles. The Morgan fingerprint density at radius 1 is 1.36 bits per heavy atom. The Balaban J connectivity index is 2.78. The molecule has 0 amide bonds. The van der Waals surface area contributed by atoms with Crippen LogP contribution in [-0.4, -0.2) is 26.2 Å². The summed E-state index contributed by atoms with van der Waals surface area (Å²) >= 11 is 0. The first kappa shape index (κ1) is 10.8. The molecule has 0 fully saturated rings. The highest BCUT2D eigenvalue weighted by Crippen LogP contribution is 2.37. The van der Waals surface area contributed by atoms with E-state index >= 15 is 0 Å². The van der Waals surface area contributed by atoms with Crippen molar-refractivity contribution in [2.45, 2.75) is 13.3 Å². The summed E-state index contributed by atoms with van der Waals surface area (Å²) in [4.78, 5) is 22.5. The van der Waals surface area contributed by atoms with E-state index in [-0.39, 0.29) is 11.9 Å². The normalized spacial score (nSPS) is 24.6. The van der Waals surface area contributed by atoms with Gasteiger partial charge in [-0.15, -0.1) is 0 Å². The van der Waals surface area contributed by atoms with Crippen LogP contribution in [0.5, 0.6) is 0 Å². The molecule has 78 valence electrons. The van der Waals surface area contributed by atoms with E-state index in [1.807, 2.05) is 6.92 Å². The highest BCUT2D eigenvalue weighted by atomic mass is 16.5. The molecule has 1 rings (SSSR count). The van der Waals surface area contributed by atoms with Crippen LogP contribution in [0.4, 0.5) is 0 Å². The maximum absolute atomic E-state index is 11.3. The fourth-order valence-electron chi connectivity index (χ4n) is 1.64. The average Bonchev–Trinajstić information content (AvgIpc) is 2.16. The second-order valence-corrected chi connectivity index (χ2v) is 3.19. The Labute approximate surface area is 82.9 Å². The van der Waals surface area contributed by atoms with Crippen LogP contribution in [0.3, 0.4) is 0 Å². The Morgan fingerprint density at radius 2 is 2.00 bits per heavy atom. The number of carbonyl (C=O) groups excluding carboxylic acids is 2. The van der Waals surface area contributed by atoms with Crippen molar-refractivity contribution in [1.82, 2.24) is 0 Å². The molecule has 4 nitrogen and oxygen atoms in total. The minimum absolute atomic E-state index is 0.108. The summed E-state index contributed by atoms with van der Waals surface area (Å²) < 4.78 is 9.18. The molecule has 0 saturated carbocycles. The molecule has 0 aromatic heterocycles. The molecule has 0 heterocycles. The van der Waals surface area contributed by atoms with E-state index in [4.69, 9.17) is 0 Å². The van der Waals surface area contributed by atoms with Gasteiger partial charge in [-0.2, -0.15) is 0 Å². The number of carbonyl (C=O) groups is 2. The molecule has 0 bridgehead atoms. The van der Waals surface area contributed by atoms with Crippen LogP contribution in [0.25, 0.3) is 0 Å². The number of rotatable bonds is 3. The van der Waals surface area contributed by atoms with Crippen molar-refractivity contribution in [2.24, 2.45) is 11.8 Å². The van der Waals surface area contributed by atoms with Gasteiger partial charge in [-0.25, -0.2) is 4.79 Å². The first-order chi connectivity index (χ1) is 6.65. The summed E-state index contributed by atoms with van der Waals surface area (Å²) in [7, 11) is 2.62. The van der Waals surface area contributed by atoms with Gasteiger partial charge in [0.25, 0.3) is 0 Å². The minimum Gasteiger partial charge on any atom is -0.469 e. The second kappa shape index (κ2) is 4.26. The number of hydrogen-bond donors (Lipinski definition) is 0. The Kier molecular flexibility index (Phi) is 3.28. The number of methoxy groups -OCH3 is 2. The highest BCUT2D eigenvalue weighted by Gasteiger charge is 2.41. The quantitative estimate of drug-likeness (QED) is 0.632. The molecule has 4 heteroatoms. The van der Waals surface area contributed by atoms with Crippen LogP contribution in [-0.2, 0) is 19.1 Å². The highest BCUT2D eigenvalue weighted by molar-refractivity contribution is 5.98. The predicted octanol–water partition coefficient (Wildman–Crippen LogP) is 0.915. The average molecular weight is 198 g/mol. The summed E-state index contributed by atoms with van der Waals surface area (Å²) in [5.74, 6) is -1.13. The third kappa shape index (κ3) is 1.64. The van der Waals surface area contributed by atoms with Gasteiger partial charge in [0, 0.05) is 5.57 Å². The summed E-state index contributed by atoms with van der Waals surface area (Å²) in [6.45, 7) is 1.96. The summed E-state index contributed by atoms with van der Waals surface area (Å²) in [5, 5.41) is 0. The Bertz CT molecular complexity index is 280. The van der Waals surface area contributed by atoms with E-state index in [1.54, 1.807) is 6.08 Å². The maximum atomic E-state index is 11.3. The minimum atomic E-state index is -0.440. The zero-order valence-corrected chi connectivity index (χ0v) is 8.57. The van der Waals surface area contributed by atoms with Gasteiger partial charge in [-0.3, -0.25) is 4.79 Å². The van der Waals surface area contributed by atoms with E-state index in [1.165, 1.54) is 14.2 Å². The first-order valence-electron chi connectivity index (χ1n) is 4.53. The topological polar surface area (TPSA) is 52.6 Å². The molecule has 14 heavy (non-hydrogen) atoms. The SMILES string of the molecule is CC[C@@H]1C=C(C(=O)OC)[C@H]1C(=O)OC. The molecule has 0 saturated heterocycles. The number of allylic oxidation sites excluding steroid dienone is 1. The van der Waals surface area contributed by atoms with Gasteiger partial charge >= 0.3 is 11.9 Å². The van der Waals surface area contributed by atoms with Gasteiger partial charge in [0.1, 0.15) is 0 Å². The molecule has 0 N–H and O–H groups in total. The van der Waals surface area contributed by atoms with E-state index in [0.29, 0.717) is 5.57 Å². The molecule has 2 atom stereocenters. The Morgan fingerprint density at radius 3 is 2.43 bits per heavy atom. The van der Waals surface area contributed by atoms with Crippen molar-refractivity contribution in [3.63, 3.8) is 0 Å². The molecule has 0 unspecified atom stereocenters. The molecule has 0 aromatic rings. The zero-order valence-electron chi connectivity index (χ0n) is 8.57. The fraction of sp³-hybridized carbons (Fsp3) is 0.600. The maximum Gasteiger partial charge on any atom is 0.334 e. The van der Waals surface area contributed by atoms with Crippen molar-refractivity contribution in [3.05, 3.63) is 11.6 Å². The fourth-order valence-corrected chi connectivity index (χ4v) is 1.64. The zero-order chi connectivity index (χ0) is 10.7. The summed E-state index contributed by atoms with van der Waals surface area (Å²) in [6.07, 6.45) is 2.59. The van der Waals surface area contributed by atoms with Crippen LogP contribution in [0.15, 0.2) is 11.6 Å². The Hall–Kier alpha value is -1.32. The lowest BCUT2D eigenvalue weighted by Crippen LogP contribution is -2.36. The van der Waals surface area contributed by atoms with E-state index in [0.717, 1.165) is 6.42 Å². The number of ether oxygens (including phenoxy) is 2. The van der Waals surface area contributed by atoms with Crippen molar-refractivity contribution >= 4 is 11.9 Å². The standard InChI is InChI=1S/C10H14O4/c1-4-6-5-7(9(11)13-2)8(6)10(12)14-3/h5-6,8H,4H2,1-3H3/t6-,8+/m1/s1. The number of hydrogen-bond acceptors (Lipinski definition) is 4. The van der Waals surface area contributed by atoms with Crippen LogP contribution in [0.1, 0.15) is 13.3 Å². The van der Waals surface area contributed by atoms with Crippen molar-refractivity contribution < 1.29 is 19.1 Å². The third-order valence-corrected chi connectivity index (χ3v) is 2.50. The van der Waals surface area contributed by atoms with E-state index < -0.39 is 11.9 Å². The van der Waals surface area contributed by atoms with Gasteiger partial charge in [0.15, 0.2) is 0 Å². The van der Waals surface area contributed by atoms with Crippen molar-refractivity contribution in [3.8, 4) is 0 Å². The van der Waals surface area contributed by atoms with Gasteiger partial charge in [-0.05, 0) is 12.3 Å². The lowest BCUT2D eigenvalue weighted by Gasteiger charge is -2.31. The first-order valence-corrected chi connectivity index (χ1v) is 4.53. The van der Waals surface area contributed by atoms with Crippen LogP contribution in [0, 0.1) is 11.8 Å². The number of esters is 2. The van der Waals surface area contributed by atoms with Crippen molar-refractivity contribution in [2.75, 3.05) is 14.2 Å². The van der Waals surface area contributed by atoms with Crippen LogP contribution < -0.4 is 0 Å². The predicted molar refractivity (Wildman–Crippen MR) is 49.4 cm³/mol. The monoisotopic (exact) mass is 198 g/mol. The summed E-state index contributed by atoms with van der Waals surface area (Å²) in [5.41, 5.74) is 0.422. The van der Waals surface area contributed by atoms with Gasteiger partial charge in [0.05, 0.1) is 20.1 Å². The van der Waals surface area contributed by atoms with E-state index in [2.05, 4.69) is 9.47 Å². The van der Waals surface area contributed by atoms with E-state index in [9.17, 15) is 9.59 Å². The van der Waals surface area contributed by atoms with Gasteiger partial charge in [0.2, 0.25) is 0 Å². The molecule has 0 aliphatic heterocycles. The van der Waals surface area contributed by atoms with Gasteiger partial charge < -0.3 is 9.47 Å². The second-order valence-electron chi connectivity index (χ2n) is 3.19. The molecule has 1 aliphatic rings.